The van der Waals surface area contributed by atoms with E-state index in [2.05, 4.69) is 31.6 Å². The highest BCUT2D eigenvalue weighted by Crippen LogP contribution is 2.42. The summed E-state index contributed by atoms with van der Waals surface area (Å²) in [5, 5.41) is 54.2. The summed E-state index contributed by atoms with van der Waals surface area (Å²) in [4.78, 5) is 149. The van der Waals surface area contributed by atoms with Crippen LogP contribution in [0.25, 0.3) is 43.4 Å². The Morgan fingerprint density at radius 2 is 1.38 bits per heavy atom. The van der Waals surface area contributed by atoms with Crippen LogP contribution in [0.3, 0.4) is 0 Å². The van der Waals surface area contributed by atoms with Gasteiger partial charge in [0, 0.05) is 52.0 Å². The number of aromatic nitrogens is 8. The smallest absolute Gasteiger partial charge is 0.354 e. The zero-order valence-corrected chi connectivity index (χ0v) is 55.0. The molecular weight excluding hydrogens is 1310 g/mol. The maximum Gasteiger partial charge on any atom is 0.354 e. The van der Waals surface area contributed by atoms with Crippen LogP contribution in [0, 0.1) is 24.7 Å². The van der Waals surface area contributed by atoms with Crippen molar-refractivity contribution in [1.29, 1.82) is 0 Å². The van der Waals surface area contributed by atoms with E-state index in [0.29, 0.717) is 94.4 Å². The van der Waals surface area contributed by atoms with Crippen LogP contribution in [0.5, 0.6) is 0 Å². The van der Waals surface area contributed by atoms with Gasteiger partial charge in [-0.1, -0.05) is 44.2 Å². The summed E-state index contributed by atoms with van der Waals surface area (Å²) in [5.74, 6) is -6.83. The minimum atomic E-state index is -1.32. The third kappa shape index (κ3) is 14.5. The Morgan fingerprint density at radius 3 is 2.09 bits per heavy atom. The summed E-state index contributed by atoms with van der Waals surface area (Å²) in [6, 6.07) is 12.0. The number of ether oxygens (including phenoxy) is 1. The first-order chi connectivity index (χ1) is 44.7. The molecular formula is C61H58N14O12S6. The second-order valence-corrected chi connectivity index (χ2v) is 27.7. The lowest BCUT2D eigenvalue weighted by molar-refractivity contribution is -0.144. The lowest BCUT2D eigenvalue weighted by Crippen LogP contribution is -2.40. The van der Waals surface area contributed by atoms with Crippen molar-refractivity contribution in [3.8, 4) is 43.4 Å². The van der Waals surface area contributed by atoms with Gasteiger partial charge in [0.15, 0.2) is 5.82 Å². The molecule has 93 heavy (non-hydrogen) atoms. The molecule has 2 aliphatic rings. The number of rotatable bonds is 13. The topological polar surface area (TPSA) is 373 Å². The molecule has 1 aromatic carbocycles. The van der Waals surface area contributed by atoms with Crippen molar-refractivity contribution in [2.75, 3.05) is 25.6 Å². The molecule has 1 saturated carbocycles. The van der Waals surface area contributed by atoms with E-state index in [0.717, 1.165) is 45.3 Å². The van der Waals surface area contributed by atoms with Crippen LogP contribution in [0.15, 0.2) is 82.3 Å². The number of aromatic carboxylic acids is 1. The minimum Gasteiger partial charge on any atom is -0.481 e. The highest BCUT2D eigenvalue weighted by atomic mass is 32.1. The first kappa shape index (κ1) is 65.5. The summed E-state index contributed by atoms with van der Waals surface area (Å²) >= 11 is 6.97. The Bertz CT molecular complexity index is 4310. The highest BCUT2D eigenvalue weighted by Gasteiger charge is 2.36. The number of hydrogen-bond donors (Lipinski definition) is 8. The summed E-state index contributed by atoms with van der Waals surface area (Å²) in [7, 11) is 2.92. The molecule has 26 nitrogen and oxygen atoms in total. The van der Waals surface area contributed by atoms with Crippen LogP contribution in [0.4, 0.5) is 11.5 Å². The number of aliphatic hydroxyl groups is 1. The van der Waals surface area contributed by atoms with Gasteiger partial charge in [0.25, 0.3) is 17.7 Å². The molecule has 1 unspecified atom stereocenters. The van der Waals surface area contributed by atoms with Gasteiger partial charge in [-0.25, -0.2) is 44.7 Å². The molecule has 1 aliphatic carbocycles. The highest BCUT2D eigenvalue weighted by molar-refractivity contribution is 7.15. The number of carboxylic acid groups (broad SMARTS) is 2. The van der Waals surface area contributed by atoms with Crippen LogP contribution >= 0.6 is 68.0 Å². The number of benzene rings is 1. The van der Waals surface area contributed by atoms with Crippen LogP contribution in [0.1, 0.15) is 142 Å². The number of aryl methyl sites for hydroxylation is 1. The Kier molecular flexibility index (Phi) is 20.0. The number of carbonyl (C=O) groups is 8. The molecule has 32 heteroatoms. The van der Waals surface area contributed by atoms with Gasteiger partial charge >= 0.3 is 11.9 Å². The average Bonchev–Trinajstić information content (AvgIpc) is 1.88. The molecule has 9 heterocycles. The molecule has 0 saturated heterocycles. The number of methoxy groups -OCH3 is 1. The van der Waals surface area contributed by atoms with E-state index in [1.165, 1.54) is 60.1 Å². The van der Waals surface area contributed by atoms with E-state index in [1.807, 2.05) is 13.8 Å². The number of thiazole rings is 6. The van der Waals surface area contributed by atoms with Crippen molar-refractivity contribution < 1.29 is 58.4 Å². The number of carboxylic acids is 2. The third-order valence-corrected chi connectivity index (χ3v) is 21.1. The molecule has 0 spiro atoms. The number of anilines is 2. The molecule has 6 amide bonds. The van der Waals surface area contributed by atoms with Crippen LogP contribution in [0.2, 0.25) is 0 Å². The molecule has 1 aliphatic heterocycles. The van der Waals surface area contributed by atoms with Crippen molar-refractivity contribution in [3.63, 3.8) is 0 Å². The fraction of sp³-hybridized carbons (Fsp3) is 0.311. The van der Waals surface area contributed by atoms with Gasteiger partial charge in [-0.3, -0.25) is 38.5 Å². The largest absolute Gasteiger partial charge is 0.481 e. The summed E-state index contributed by atoms with van der Waals surface area (Å²) < 4.78 is 5.46. The number of pyridine rings is 2. The minimum absolute atomic E-state index is 0.0168. The number of fused-ring (bicyclic) bond motifs is 14. The van der Waals surface area contributed by atoms with Crippen molar-refractivity contribution >= 4 is 127 Å². The maximum absolute atomic E-state index is 14.6. The SMILES string of the molecule is CNC(=O)C[C@@H]1NC(=O)c2csc(n2)-c2ccc(-c3nc(N(C(=O)C4CCC(C(=O)O)CC4)c4ccc(C(=O)O)nc4)cs3)nc2-c2csc(n2)-c2csc(n2)[C@H]([C@@H](O)c2ccccc2)NC(=O)CNC(=O)c2nc(sc2COC)C(C(C)C)NC(=O)c2nc1sc2C. The summed E-state index contributed by atoms with van der Waals surface area (Å²) in [6.07, 6.45) is 0.891. The Labute approximate surface area is 554 Å². The predicted molar refractivity (Wildman–Crippen MR) is 348 cm³/mol. The quantitative estimate of drug-likeness (QED) is 0.0533. The third-order valence-electron chi connectivity index (χ3n) is 15.3. The van der Waals surface area contributed by atoms with E-state index in [-0.39, 0.29) is 64.1 Å². The van der Waals surface area contributed by atoms with E-state index in [4.69, 9.17) is 39.6 Å². The predicted octanol–water partition coefficient (Wildman–Crippen LogP) is 8.96. The van der Waals surface area contributed by atoms with Gasteiger partial charge in [0.05, 0.1) is 60.0 Å². The fourth-order valence-electron chi connectivity index (χ4n) is 10.5. The molecule has 8 N–H and O–H groups in total. The molecule has 10 bridgehead atoms. The number of amides is 6. The molecule has 8 aromatic heterocycles. The first-order valence-corrected chi connectivity index (χ1v) is 34.1. The number of nitrogens with zero attached hydrogens (tertiary/aromatic N) is 9. The van der Waals surface area contributed by atoms with Crippen molar-refractivity contribution in [1.82, 2.24) is 66.5 Å². The standard InChI is InChI=1S/C61H58N14O12S6/c1-27(2)44-58-74-47(40(93-58)22-87-5)51(80)64-21-43(77)71-48(49(78)29-9-7-6-8-10-29)57-69-39(25-90-57)55-67-37(23-89-55)46-33(53-68-38(24-88-53)50(79)66-36(19-42(76)62-4)56-73-45(28(3)92-56)52(81)72-44)16-18-34(65-46)54-70-41(26-91-54)75(32-15-17-35(61(85)86)63-20-32)59(82)30-11-13-31(14-12-30)60(83)84/h6-10,15-18,20,23-27,30-31,36,44,48-49,78H,11-14,19,21-22H2,1-5H3,(H,62,76)(H,64,80)(H,66,79)(H,71,77)(H,72,81)(H,83,84)(H,85,86)/t30?,31?,36-,44?,48-,49-/m0/s1. The molecule has 4 atom stereocenters. The number of carbonyl (C=O) groups excluding carboxylic acids is 6. The number of aliphatic hydroxyl groups excluding tert-OH is 1. The van der Waals surface area contributed by atoms with E-state index in [1.54, 1.807) is 70.9 Å². The van der Waals surface area contributed by atoms with Crippen molar-refractivity contribution in [3.05, 3.63) is 135 Å². The zero-order chi connectivity index (χ0) is 65.8. The van der Waals surface area contributed by atoms with Crippen molar-refractivity contribution in [2.45, 2.75) is 83.7 Å². The number of hydrogen-bond acceptors (Lipinski definition) is 24. The molecule has 0 radical (unpaired) electrons. The Balaban J connectivity index is 0.995. The monoisotopic (exact) mass is 1370 g/mol. The molecule has 1 fully saturated rings. The average molecular weight is 1370 g/mol. The van der Waals surface area contributed by atoms with Gasteiger partial charge in [-0.05, 0) is 68.4 Å². The first-order valence-electron chi connectivity index (χ1n) is 28.9. The molecule has 480 valence electrons. The van der Waals surface area contributed by atoms with Crippen LogP contribution in [-0.2, 0) is 30.5 Å². The van der Waals surface area contributed by atoms with Crippen LogP contribution < -0.4 is 31.5 Å². The summed E-state index contributed by atoms with van der Waals surface area (Å²) in [6.45, 7) is 4.88. The lowest BCUT2D eigenvalue weighted by atomic mass is 9.81. The molecule has 11 rings (SSSR count). The van der Waals surface area contributed by atoms with Crippen molar-refractivity contribution in [2.24, 2.45) is 17.8 Å². The number of nitrogens with one attached hydrogen (secondary N) is 5. The maximum atomic E-state index is 14.6. The van der Waals surface area contributed by atoms with Gasteiger partial charge in [0.2, 0.25) is 17.7 Å². The second-order valence-electron chi connectivity index (χ2n) is 21.9. The van der Waals surface area contributed by atoms with Gasteiger partial charge in [-0.15, -0.1) is 68.0 Å². The van der Waals surface area contributed by atoms with E-state index >= 15 is 0 Å². The lowest BCUT2D eigenvalue weighted by Gasteiger charge is -2.30. The van der Waals surface area contributed by atoms with E-state index < -0.39 is 84.1 Å². The second kappa shape index (κ2) is 28.5. The normalized spacial score (nSPS) is 18.3. The molecule has 9 aromatic rings. The fourth-order valence-corrected chi connectivity index (χ4v) is 16.0. The van der Waals surface area contributed by atoms with Gasteiger partial charge < -0.3 is 46.6 Å². The van der Waals surface area contributed by atoms with Gasteiger partial charge in [0.1, 0.15) is 82.0 Å². The van der Waals surface area contributed by atoms with Gasteiger partial charge in [-0.2, -0.15) is 0 Å². The number of aliphatic carboxylic acids is 1. The zero-order valence-electron chi connectivity index (χ0n) is 50.1. The van der Waals surface area contributed by atoms with E-state index in [9.17, 15) is 53.7 Å². The Hall–Kier alpha value is -9.02. The van der Waals surface area contributed by atoms with Crippen LogP contribution in [-0.4, -0.2) is 123 Å². The summed E-state index contributed by atoms with van der Waals surface area (Å²) in [5.41, 5.74) is 2.26. The Morgan fingerprint density at radius 1 is 0.677 bits per heavy atom.